The average Bonchev–Trinajstić information content (AvgIpc) is 2.88. The van der Waals surface area contributed by atoms with Crippen LogP contribution >= 0.6 is 11.3 Å². The highest BCUT2D eigenvalue weighted by Crippen LogP contribution is 2.19. The van der Waals surface area contributed by atoms with Crippen molar-refractivity contribution in [2.75, 3.05) is 32.7 Å². The van der Waals surface area contributed by atoms with Crippen LogP contribution in [0.25, 0.3) is 0 Å². The summed E-state index contributed by atoms with van der Waals surface area (Å²) < 4.78 is 0. The van der Waals surface area contributed by atoms with E-state index in [1.165, 1.54) is 6.07 Å². The number of carbonyl (C=O) groups excluding carboxylic acids is 1. The highest BCUT2D eigenvalue weighted by atomic mass is 32.1. The fourth-order valence-corrected chi connectivity index (χ4v) is 3.19. The highest BCUT2D eigenvalue weighted by molar-refractivity contribution is 7.15. The van der Waals surface area contributed by atoms with E-state index in [1.807, 2.05) is 4.90 Å². The first-order valence-corrected chi connectivity index (χ1v) is 7.63. The molecule has 0 aliphatic carbocycles. The topological polar surface area (TPSA) is 60.9 Å². The Bertz CT molecular complexity index is 490. The average molecular weight is 296 g/mol. The van der Waals surface area contributed by atoms with E-state index in [0.717, 1.165) is 31.0 Å². The first kappa shape index (κ1) is 15.0. The minimum absolute atomic E-state index is 0.0494. The minimum Gasteiger partial charge on any atom is -0.477 e. The van der Waals surface area contributed by atoms with Gasteiger partial charge < -0.3 is 10.0 Å². The highest BCUT2D eigenvalue weighted by Gasteiger charge is 2.24. The third-order valence-electron chi connectivity index (χ3n) is 3.31. The van der Waals surface area contributed by atoms with Crippen molar-refractivity contribution in [2.45, 2.75) is 13.8 Å². The number of carboxylic acids is 1. The first-order chi connectivity index (χ1) is 9.47. The van der Waals surface area contributed by atoms with Crippen molar-refractivity contribution in [3.05, 3.63) is 21.9 Å². The van der Waals surface area contributed by atoms with Gasteiger partial charge in [-0.25, -0.2) is 4.79 Å². The summed E-state index contributed by atoms with van der Waals surface area (Å²) in [6.45, 7) is 8.65. The fraction of sp³-hybridized carbons (Fsp3) is 0.571. The molecule has 0 spiro atoms. The van der Waals surface area contributed by atoms with Gasteiger partial charge in [0.05, 0.1) is 4.88 Å². The Labute approximate surface area is 122 Å². The molecule has 0 aromatic carbocycles. The second-order valence-corrected chi connectivity index (χ2v) is 6.54. The molecule has 2 rings (SSSR count). The molecule has 1 saturated heterocycles. The van der Waals surface area contributed by atoms with E-state index >= 15 is 0 Å². The van der Waals surface area contributed by atoms with Crippen molar-refractivity contribution >= 4 is 23.2 Å². The van der Waals surface area contributed by atoms with Crippen molar-refractivity contribution in [1.82, 2.24) is 9.80 Å². The molecule has 1 aromatic rings. The van der Waals surface area contributed by atoms with Gasteiger partial charge in [-0.1, -0.05) is 13.8 Å². The Balaban J connectivity index is 1.92. The predicted molar refractivity (Wildman–Crippen MR) is 78.5 cm³/mol. The fourth-order valence-electron chi connectivity index (χ4n) is 2.37. The SMILES string of the molecule is CC(C)CN1CCN(C(=O)c2ccc(C(=O)O)s2)CC1. The van der Waals surface area contributed by atoms with Gasteiger partial charge in [-0.15, -0.1) is 11.3 Å². The molecule has 1 N–H and O–H groups in total. The molecule has 2 heterocycles. The molecule has 1 aromatic heterocycles. The maximum atomic E-state index is 12.3. The molecule has 1 aliphatic rings. The van der Waals surface area contributed by atoms with Crippen LogP contribution in [0.2, 0.25) is 0 Å². The second-order valence-electron chi connectivity index (χ2n) is 5.46. The van der Waals surface area contributed by atoms with Gasteiger partial charge in [0.15, 0.2) is 0 Å². The van der Waals surface area contributed by atoms with E-state index in [4.69, 9.17) is 5.11 Å². The van der Waals surface area contributed by atoms with Gasteiger partial charge in [-0.2, -0.15) is 0 Å². The van der Waals surface area contributed by atoms with E-state index in [1.54, 1.807) is 6.07 Å². The van der Waals surface area contributed by atoms with Crippen LogP contribution in [0.4, 0.5) is 0 Å². The van der Waals surface area contributed by atoms with Gasteiger partial charge in [0.25, 0.3) is 5.91 Å². The summed E-state index contributed by atoms with van der Waals surface area (Å²) in [6, 6.07) is 3.10. The number of nitrogens with zero attached hydrogens (tertiary/aromatic N) is 2. The van der Waals surface area contributed by atoms with E-state index in [-0.39, 0.29) is 10.8 Å². The maximum absolute atomic E-state index is 12.3. The van der Waals surface area contributed by atoms with Gasteiger partial charge in [0.2, 0.25) is 0 Å². The monoisotopic (exact) mass is 296 g/mol. The molecular formula is C14H20N2O3S. The lowest BCUT2D eigenvalue weighted by molar-refractivity contribution is 0.0628. The smallest absolute Gasteiger partial charge is 0.345 e. The van der Waals surface area contributed by atoms with Crippen LogP contribution in [0.1, 0.15) is 33.2 Å². The van der Waals surface area contributed by atoms with Gasteiger partial charge in [0, 0.05) is 32.7 Å². The van der Waals surface area contributed by atoms with E-state index in [2.05, 4.69) is 18.7 Å². The molecular weight excluding hydrogens is 276 g/mol. The van der Waals surface area contributed by atoms with Crippen LogP contribution in [-0.2, 0) is 0 Å². The third kappa shape index (κ3) is 3.58. The van der Waals surface area contributed by atoms with E-state index in [0.29, 0.717) is 23.9 Å². The summed E-state index contributed by atoms with van der Waals surface area (Å²) in [5.41, 5.74) is 0. The molecule has 0 atom stereocenters. The molecule has 20 heavy (non-hydrogen) atoms. The number of hydrogen-bond donors (Lipinski definition) is 1. The maximum Gasteiger partial charge on any atom is 0.345 e. The van der Waals surface area contributed by atoms with E-state index in [9.17, 15) is 9.59 Å². The number of rotatable bonds is 4. The molecule has 0 radical (unpaired) electrons. The summed E-state index contributed by atoms with van der Waals surface area (Å²) in [7, 11) is 0. The Morgan fingerprint density at radius 2 is 1.80 bits per heavy atom. The van der Waals surface area contributed by atoms with Crippen molar-refractivity contribution in [1.29, 1.82) is 0 Å². The Morgan fingerprint density at radius 1 is 1.20 bits per heavy atom. The second kappa shape index (κ2) is 6.37. The molecule has 6 heteroatoms. The zero-order valence-electron chi connectivity index (χ0n) is 11.8. The zero-order chi connectivity index (χ0) is 14.7. The van der Waals surface area contributed by atoms with Crippen LogP contribution in [-0.4, -0.2) is 59.5 Å². The number of piperazine rings is 1. The molecule has 0 saturated carbocycles. The predicted octanol–water partition coefficient (Wildman–Crippen LogP) is 1.86. The quantitative estimate of drug-likeness (QED) is 0.921. The van der Waals surface area contributed by atoms with Crippen molar-refractivity contribution in [3.63, 3.8) is 0 Å². The van der Waals surface area contributed by atoms with Crippen LogP contribution in [0.3, 0.4) is 0 Å². The van der Waals surface area contributed by atoms with Gasteiger partial charge in [-0.05, 0) is 18.1 Å². The van der Waals surface area contributed by atoms with Gasteiger partial charge in [0.1, 0.15) is 4.88 Å². The molecule has 110 valence electrons. The van der Waals surface area contributed by atoms with Crippen LogP contribution in [0.15, 0.2) is 12.1 Å². The van der Waals surface area contributed by atoms with Crippen LogP contribution < -0.4 is 0 Å². The van der Waals surface area contributed by atoms with Crippen LogP contribution in [0, 0.1) is 5.92 Å². The summed E-state index contributed by atoms with van der Waals surface area (Å²) in [5.74, 6) is -0.393. The number of hydrogen-bond acceptors (Lipinski definition) is 4. The molecule has 5 nitrogen and oxygen atoms in total. The number of carboxylic acid groups (broad SMARTS) is 1. The number of aromatic carboxylic acids is 1. The zero-order valence-corrected chi connectivity index (χ0v) is 12.7. The van der Waals surface area contributed by atoms with Crippen LogP contribution in [0.5, 0.6) is 0 Å². The standard InChI is InChI=1S/C14H20N2O3S/c1-10(2)9-15-5-7-16(8-6-15)13(17)11-3-4-12(20-11)14(18)19/h3-4,10H,5-9H2,1-2H3,(H,18,19). The Hall–Kier alpha value is -1.40. The molecule has 0 unspecified atom stereocenters. The van der Waals surface area contributed by atoms with Gasteiger partial charge >= 0.3 is 5.97 Å². The normalized spacial score (nSPS) is 16.6. The first-order valence-electron chi connectivity index (χ1n) is 6.82. The number of thiophene rings is 1. The molecule has 0 bridgehead atoms. The summed E-state index contributed by atoms with van der Waals surface area (Å²) >= 11 is 1.05. The lowest BCUT2D eigenvalue weighted by Crippen LogP contribution is -2.49. The molecule has 1 amide bonds. The van der Waals surface area contributed by atoms with Crippen molar-refractivity contribution in [2.24, 2.45) is 5.92 Å². The number of carbonyl (C=O) groups is 2. The van der Waals surface area contributed by atoms with Crippen molar-refractivity contribution < 1.29 is 14.7 Å². The Kier molecular flexibility index (Phi) is 4.77. The minimum atomic E-state index is -0.976. The lowest BCUT2D eigenvalue weighted by atomic mass is 10.2. The largest absolute Gasteiger partial charge is 0.477 e. The molecule has 1 aliphatic heterocycles. The third-order valence-corrected chi connectivity index (χ3v) is 4.37. The summed E-state index contributed by atoms with van der Waals surface area (Å²) in [6.07, 6.45) is 0. The number of amides is 1. The summed E-state index contributed by atoms with van der Waals surface area (Å²) in [4.78, 5) is 28.0. The van der Waals surface area contributed by atoms with Gasteiger partial charge in [-0.3, -0.25) is 9.69 Å². The summed E-state index contributed by atoms with van der Waals surface area (Å²) in [5, 5.41) is 8.89. The molecule has 1 fully saturated rings. The van der Waals surface area contributed by atoms with E-state index < -0.39 is 5.97 Å². The lowest BCUT2D eigenvalue weighted by Gasteiger charge is -2.35. The Morgan fingerprint density at radius 3 is 2.30 bits per heavy atom. The van der Waals surface area contributed by atoms with Crippen molar-refractivity contribution in [3.8, 4) is 0 Å².